The Morgan fingerprint density at radius 2 is 0.726 bits per heavy atom. The topological polar surface area (TPSA) is 255 Å². The van der Waals surface area contributed by atoms with Crippen molar-refractivity contribution >= 4 is 46.6 Å². The van der Waals surface area contributed by atoms with Gasteiger partial charge in [-0.15, -0.1) is 23.5 Å². The number of fused-ring (bicyclic) bond motifs is 8. The van der Waals surface area contributed by atoms with Gasteiger partial charge in [0.25, 0.3) is 0 Å². The van der Waals surface area contributed by atoms with Crippen molar-refractivity contribution in [3.63, 3.8) is 0 Å². The summed E-state index contributed by atoms with van der Waals surface area (Å²) in [4.78, 5) is 26.9. The molecule has 2 aliphatic heterocycles. The van der Waals surface area contributed by atoms with E-state index < -0.39 is 124 Å². The highest BCUT2D eigenvalue weighted by Gasteiger charge is 2.85. The van der Waals surface area contributed by atoms with Crippen LogP contribution in [0.4, 0.5) is 26.3 Å². The third-order valence-electron chi connectivity index (χ3n) is 15.2. The average Bonchev–Trinajstić information content (AvgIpc) is 3.94. The van der Waals surface area contributed by atoms with Gasteiger partial charge in [-0.2, -0.15) is 26.3 Å². The molecule has 3 saturated carbocycles. The number of carbonyl (C=O) groups is 2. The normalized spacial score (nSPS) is 35.4. The molecule has 4 aliphatic carbocycles. The van der Waals surface area contributed by atoms with Gasteiger partial charge in [-0.05, 0) is 93.8 Å². The third kappa shape index (κ3) is 7.12. The van der Waals surface area contributed by atoms with Crippen LogP contribution in [0.15, 0.2) is 106 Å². The van der Waals surface area contributed by atoms with Crippen LogP contribution in [-0.2, 0) is 9.47 Å². The first kappa shape index (κ1) is 51.7. The van der Waals surface area contributed by atoms with Crippen LogP contribution in [0.2, 0.25) is 0 Å². The molecule has 3 fully saturated rings. The molecular formula is C51H46F6O14S2. The van der Waals surface area contributed by atoms with E-state index in [4.69, 9.17) is 9.47 Å². The number of carbonyl (C=O) groups excluding carboxylic acids is 2. The average molecular weight is 1060 g/mol. The predicted molar refractivity (Wildman–Crippen MR) is 249 cm³/mol. The maximum absolute atomic E-state index is 16.6. The number of benzene rings is 4. The van der Waals surface area contributed by atoms with Gasteiger partial charge < -0.3 is 60.5 Å². The zero-order chi connectivity index (χ0) is 52.8. The Morgan fingerprint density at radius 3 is 1.03 bits per heavy atom. The van der Waals surface area contributed by atoms with Gasteiger partial charge in [-0.1, -0.05) is 62.4 Å². The largest absolute Gasteiger partial charge is 0.453 e. The molecule has 2 heterocycles. The summed E-state index contributed by atoms with van der Waals surface area (Å²) < 4.78 is 106. The first-order chi connectivity index (χ1) is 34.3. The zero-order valence-corrected chi connectivity index (χ0v) is 39.7. The van der Waals surface area contributed by atoms with E-state index in [0.29, 0.717) is 32.0 Å². The number of aliphatic hydroxyl groups is 10. The lowest BCUT2D eigenvalue weighted by Crippen LogP contribution is -2.64. The Labute approximate surface area is 419 Å². The van der Waals surface area contributed by atoms with Gasteiger partial charge in [0.05, 0.1) is 20.6 Å². The first-order valence-electron chi connectivity index (χ1n) is 23.1. The number of halogens is 6. The number of esters is 2. The van der Waals surface area contributed by atoms with Crippen molar-refractivity contribution in [2.75, 3.05) is 0 Å². The minimum absolute atomic E-state index is 0.0192. The zero-order valence-electron chi connectivity index (χ0n) is 38.1. The van der Waals surface area contributed by atoms with Crippen molar-refractivity contribution in [1.29, 1.82) is 0 Å². The van der Waals surface area contributed by atoms with Gasteiger partial charge in [0.15, 0.2) is 12.2 Å². The quantitative estimate of drug-likeness (QED) is 0.0870. The van der Waals surface area contributed by atoms with E-state index >= 15 is 26.3 Å². The highest BCUT2D eigenvalue weighted by molar-refractivity contribution is 8.06. The lowest BCUT2D eigenvalue weighted by Gasteiger charge is -2.50. The Morgan fingerprint density at radius 1 is 0.438 bits per heavy atom. The molecule has 73 heavy (non-hydrogen) atoms. The van der Waals surface area contributed by atoms with Gasteiger partial charge in [-0.3, -0.25) is 0 Å². The second-order valence-corrected chi connectivity index (χ2v) is 21.7. The van der Waals surface area contributed by atoms with Crippen LogP contribution in [0.3, 0.4) is 0 Å². The highest BCUT2D eigenvalue weighted by Crippen LogP contribution is 2.79. The molecule has 10 rings (SSSR count). The number of alkyl halides is 6. The molecule has 22 heteroatoms. The fourth-order valence-corrected chi connectivity index (χ4v) is 14.9. The summed E-state index contributed by atoms with van der Waals surface area (Å²) >= 11 is 2.22. The minimum atomic E-state index is -5.83. The lowest BCUT2D eigenvalue weighted by molar-refractivity contribution is -0.257. The second kappa shape index (κ2) is 17.6. The van der Waals surface area contributed by atoms with Crippen LogP contribution in [0.25, 0.3) is 33.4 Å². The molecule has 4 aromatic rings. The number of thioether (sulfide) groups is 2. The van der Waals surface area contributed by atoms with Crippen LogP contribution >= 0.6 is 23.5 Å². The summed E-state index contributed by atoms with van der Waals surface area (Å²) in [7, 11) is 0. The molecule has 0 saturated heterocycles. The lowest BCUT2D eigenvalue weighted by atomic mass is 9.65. The van der Waals surface area contributed by atoms with E-state index in [2.05, 4.69) is 0 Å². The fourth-order valence-electron chi connectivity index (χ4n) is 11.3. The molecule has 10 N–H and O–H groups in total. The molecule has 6 aliphatic rings. The van der Waals surface area contributed by atoms with Crippen molar-refractivity contribution in [2.24, 2.45) is 0 Å². The van der Waals surface area contributed by atoms with Gasteiger partial charge >= 0.3 is 29.7 Å². The summed E-state index contributed by atoms with van der Waals surface area (Å²) in [6, 6.07) is 20.3. The van der Waals surface area contributed by atoms with Gasteiger partial charge in [-0.25, -0.2) is 9.59 Å². The van der Waals surface area contributed by atoms with E-state index in [0.717, 1.165) is 23.5 Å². The van der Waals surface area contributed by atoms with E-state index in [-0.39, 0.29) is 46.2 Å². The third-order valence-corrected chi connectivity index (χ3v) is 18.9. The Bertz CT molecular complexity index is 2760. The van der Waals surface area contributed by atoms with Crippen LogP contribution in [0, 0.1) is 0 Å². The molecule has 0 bridgehead atoms. The highest BCUT2D eigenvalue weighted by atomic mass is 32.2. The van der Waals surface area contributed by atoms with Crippen molar-refractivity contribution in [3.05, 3.63) is 118 Å². The smallest absolute Gasteiger partial charge is 0.380 e. The minimum Gasteiger partial charge on any atom is -0.453 e. The number of allylic oxidation sites excluding steroid dienone is 2. The number of hydrogen-bond donors (Lipinski definition) is 10. The molecular weight excluding hydrogens is 1010 g/mol. The standard InChI is InChI=1S/C51H46F6O14S2/c1-3-47-29(25-15-13-23(17-27(25)72-47)19-5-9-21(10-6-19)45(68)70-43-39(64)35(60)33(58)36(61)40(43)65)31-32(50(54,55)51(56,57)49(31,52)53)30-26-16-14-24(18-28(26)73-48(30,47)4-2)20-7-11-22(12-8-20)46(69)71-44-41(66)37(62)34(59)38(63)42(44)67/h5-18,33-44,58-67H,3-4H2,1-2H3/t33?,34?,35-,36+,37-,38+,39+,40-,41+,42-,43?,44?,47?,48?. The molecule has 0 amide bonds. The van der Waals surface area contributed by atoms with Crippen LogP contribution in [0.5, 0.6) is 0 Å². The number of rotatable bonds is 8. The van der Waals surface area contributed by atoms with Crippen molar-refractivity contribution in [1.82, 2.24) is 0 Å². The molecule has 6 unspecified atom stereocenters. The number of aliphatic hydroxyl groups excluding tert-OH is 10. The monoisotopic (exact) mass is 1060 g/mol. The number of hydrogen-bond acceptors (Lipinski definition) is 16. The number of ether oxygens (including phenoxy) is 2. The first-order valence-corrected chi connectivity index (χ1v) is 24.7. The summed E-state index contributed by atoms with van der Waals surface area (Å²) in [6.07, 6.45) is -23.0. The van der Waals surface area contributed by atoms with E-state index in [1.54, 1.807) is 26.0 Å². The van der Waals surface area contributed by atoms with Gasteiger partial charge in [0.1, 0.15) is 61.0 Å². The maximum Gasteiger partial charge on any atom is 0.380 e. The molecule has 4 aromatic carbocycles. The molecule has 0 radical (unpaired) electrons. The molecule has 0 spiro atoms. The summed E-state index contributed by atoms with van der Waals surface area (Å²) in [5.74, 6) is -18.6. The van der Waals surface area contributed by atoms with Gasteiger partial charge in [0, 0.05) is 20.9 Å². The van der Waals surface area contributed by atoms with Crippen molar-refractivity contribution in [3.8, 4) is 22.3 Å². The van der Waals surface area contributed by atoms with Gasteiger partial charge in [0.2, 0.25) is 0 Å². The predicted octanol–water partition coefficient (Wildman–Crippen LogP) is 4.36. The molecule has 14 atom stereocenters. The Balaban J connectivity index is 0.990. The van der Waals surface area contributed by atoms with E-state index in [1.165, 1.54) is 72.8 Å². The van der Waals surface area contributed by atoms with Crippen molar-refractivity contribution < 1.29 is 96.5 Å². The molecule has 14 nitrogen and oxygen atoms in total. The van der Waals surface area contributed by atoms with Crippen LogP contribution in [0.1, 0.15) is 58.5 Å². The summed E-state index contributed by atoms with van der Waals surface area (Å²) in [6.45, 7) is 3.36. The van der Waals surface area contributed by atoms with Crippen LogP contribution in [-0.4, -0.2) is 164 Å². The summed E-state index contributed by atoms with van der Waals surface area (Å²) in [5.41, 5.74) is -1.73. The maximum atomic E-state index is 16.6. The van der Waals surface area contributed by atoms with E-state index in [9.17, 15) is 60.7 Å². The van der Waals surface area contributed by atoms with Crippen molar-refractivity contribution in [2.45, 2.75) is 137 Å². The molecule has 388 valence electrons. The fraction of sp³-hybridized carbons (Fsp3) is 0.412. The molecule has 0 aromatic heterocycles. The Hall–Kier alpha value is -4.82. The summed E-state index contributed by atoms with van der Waals surface area (Å²) in [5, 5.41) is 101. The second-order valence-electron chi connectivity index (χ2n) is 19.0. The van der Waals surface area contributed by atoms with E-state index in [1.807, 2.05) is 0 Å². The Kier molecular flexibility index (Phi) is 12.5. The van der Waals surface area contributed by atoms with Crippen LogP contribution < -0.4 is 0 Å². The SMILES string of the molecule is CCC12Sc3cc(-c4ccc(C(=O)OC5[C@@H](O)[C@H](O)C(O)[C@H](O)[C@H]5O)cc4)ccc3C1=C1C(=C3c4ccc(-c5ccc(C(=O)OC6[C@@H](O)[C@H](O)C(O)[C@H](O)[C@H]6O)cc5)cc4SC32CC)C(F)(F)C(F)(F)C1(F)F.